The number of aromatic nitrogens is 4. The number of rotatable bonds is 6. The van der Waals surface area contributed by atoms with Crippen LogP contribution in [-0.2, 0) is 6.42 Å². The number of H-pyrrole nitrogens is 1. The van der Waals surface area contributed by atoms with Crippen LogP contribution >= 0.6 is 11.3 Å². The van der Waals surface area contributed by atoms with Crippen LogP contribution in [0.3, 0.4) is 0 Å². The van der Waals surface area contributed by atoms with Crippen LogP contribution in [0, 0.1) is 0 Å². The molecule has 0 unspecified atom stereocenters. The van der Waals surface area contributed by atoms with Crippen molar-refractivity contribution in [2.75, 3.05) is 6.54 Å². The third-order valence-corrected chi connectivity index (χ3v) is 5.93. The van der Waals surface area contributed by atoms with Gasteiger partial charge >= 0.3 is 0 Å². The summed E-state index contributed by atoms with van der Waals surface area (Å²) in [5.74, 6) is 0. The number of fused-ring (bicyclic) bond motifs is 1. The molecule has 0 saturated heterocycles. The second kappa shape index (κ2) is 8.49. The molecule has 3 aromatic heterocycles. The lowest BCUT2D eigenvalue weighted by molar-refractivity contribution is 0.845. The van der Waals surface area contributed by atoms with Crippen molar-refractivity contribution < 1.29 is 0 Å². The second-order valence-electron chi connectivity index (χ2n) is 6.98. The van der Waals surface area contributed by atoms with Crippen molar-refractivity contribution in [3.05, 3.63) is 101 Å². The van der Waals surface area contributed by atoms with Crippen LogP contribution in [0.1, 0.15) is 11.3 Å². The summed E-state index contributed by atoms with van der Waals surface area (Å²) in [6.07, 6.45) is 4.15. The van der Waals surface area contributed by atoms with E-state index in [1.54, 1.807) is 12.4 Å². The predicted octanol–water partition coefficient (Wildman–Crippen LogP) is 4.50. The molecule has 6 nitrogen and oxygen atoms in total. The van der Waals surface area contributed by atoms with Gasteiger partial charge in [0.15, 0.2) is 0 Å². The van der Waals surface area contributed by atoms with Gasteiger partial charge in [0.25, 0.3) is 5.56 Å². The van der Waals surface area contributed by atoms with E-state index in [0.717, 1.165) is 27.2 Å². The fourth-order valence-corrected chi connectivity index (χ4v) is 4.29. The summed E-state index contributed by atoms with van der Waals surface area (Å²) >= 11 is 1.48. The number of aromatic amines is 1. The molecule has 0 atom stereocenters. The number of hydrogen-bond donors (Lipinski definition) is 1. The van der Waals surface area contributed by atoms with Crippen LogP contribution in [0.4, 0.5) is 0 Å². The normalized spacial score (nSPS) is 11.5. The topological polar surface area (TPSA) is 75.9 Å². The zero-order valence-corrected chi connectivity index (χ0v) is 17.4. The Bertz CT molecular complexity index is 1370. The monoisotopic (exact) mass is 425 g/mol. The molecule has 0 saturated carbocycles. The van der Waals surface area contributed by atoms with E-state index in [-0.39, 0.29) is 5.56 Å². The molecule has 0 amide bonds. The minimum atomic E-state index is -0.167. The van der Waals surface area contributed by atoms with E-state index in [9.17, 15) is 4.79 Å². The Morgan fingerprint density at radius 3 is 2.61 bits per heavy atom. The smallest absolute Gasteiger partial charge is 0.282 e. The third-order valence-electron chi connectivity index (χ3n) is 4.91. The van der Waals surface area contributed by atoms with Crippen molar-refractivity contribution in [2.45, 2.75) is 6.42 Å². The highest BCUT2D eigenvalue weighted by Crippen LogP contribution is 2.25. The summed E-state index contributed by atoms with van der Waals surface area (Å²) in [5, 5.41) is 3.86. The molecule has 2 aromatic carbocycles. The standard InChI is InChI=1S/C24H19N5OS/c30-23-19(16-25-15-13-18-10-6-7-14-26-18)22(17-8-2-1-3-9-17)28-29(23)24-27-20-11-4-5-12-21(20)31-24/h1-12,14,16,28H,13,15H2. The molecule has 5 rings (SSSR count). The number of nitrogens with zero attached hydrogens (tertiary/aromatic N) is 4. The average Bonchev–Trinajstić information content (AvgIpc) is 3.39. The lowest BCUT2D eigenvalue weighted by Crippen LogP contribution is -2.17. The Kier molecular flexibility index (Phi) is 5.24. The van der Waals surface area contributed by atoms with E-state index < -0.39 is 0 Å². The number of para-hydroxylation sites is 1. The number of hydrogen-bond acceptors (Lipinski definition) is 5. The molecule has 152 valence electrons. The first kappa shape index (κ1) is 19.1. The molecule has 7 heteroatoms. The number of benzene rings is 2. The van der Waals surface area contributed by atoms with Gasteiger partial charge in [0.05, 0.1) is 21.5 Å². The van der Waals surface area contributed by atoms with E-state index >= 15 is 0 Å². The van der Waals surface area contributed by atoms with Gasteiger partial charge in [0.1, 0.15) is 0 Å². The van der Waals surface area contributed by atoms with E-state index in [2.05, 4.69) is 20.1 Å². The molecule has 3 heterocycles. The van der Waals surface area contributed by atoms with Crippen LogP contribution in [0.25, 0.3) is 26.6 Å². The summed E-state index contributed by atoms with van der Waals surface area (Å²) in [7, 11) is 0. The summed E-state index contributed by atoms with van der Waals surface area (Å²) < 4.78 is 2.54. The van der Waals surface area contributed by atoms with Gasteiger partial charge in [-0.3, -0.25) is 19.9 Å². The molecule has 0 bridgehead atoms. The van der Waals surface area contributed by atoms with Crippen molar-refractivity contribution in [2.24, 2.45) is 4.99 Å². The summed E-state index contributed by atoms with van der Waals surface area (Å²) in [6.45, 7) is 0.553. The highest BCUT2D eigenvalue weighted by Gasteiger charge is 2.17. The van der Waals surface area contributed by atoms with Gasteiger partial charge in [-0.15, -0.1) is 0 Å². The van der Waals surface area contributed by atoms with Crippen LogP contribution in [0.15, 0.2) is 88.8 Å². The van der Waals surface area contributed by atoms with E-state index in [1.165, 1.54) is 16.0 Å². The average molecular weight is 426 g/mol. The van der Waals surface area contributed by atoms with Gasteiger partial charge in [-0.1, -0.05) is 59.9 Å². The second-order valence-corrected chi connectivity index (χ2v) is 7.99. The Hall–Kier alpha value is -3.84. The first-order valence-electron chi connectivity index (χ1n) is 9.96. The molecule has 5 aromatic rings. The molecule has 0 aliphatic carbocycles. The fraction of sp³-hybridized carbons (Fsp3) is 0.0833. The zero-order valence-electron chi connectivity index (χ0n) is 16.6. The van der Waals surface area contributed by atoms with E-state index in [4.69, 9.17) is 0 Å². The number of nitrogens with one attached hydrogen (secondary N) is 1. The van der Waals surface area contributed by atoms with Crippen molar-refractivity contribution >= 4 is 27.8 Å². The maximum Gasteiger partial charge on any atom is 0.282 e. The first-order chi connectivity index (χ1) is 15.3. The van der Waals surface area contributed by atoms with Gasteiger partial charge in [-0.05, 0) is 24.3 Å². The molecular formula is C24H19N5OS. The van der Waals surface area contributed by atoms with Crippen LogP contribution < -0.4 is 5.56 Å². The van der Waals surface area contributed by atoms with Crippen LogP contribution in [0.2, 0.25) is 0 Å². The van der Waals surface area contributed by atoms with Crippen LogP contribution in [0.5, 0.6) is 0 Å². The third kappa shape index (κ3) is 3.95. The number of pyridine rings is 1. The van der Waals surface area contributed by atoms with Gasteiger partial charge in [0, 0.05) is 36.6 Å². The highest BCUT2D eigenvalue weighted by molar-refractivity contribution is 7.20. The lowest BCUT2D eigenvalue weighted by Gasteiger charge is -1.99. The van der Waals surface area contributed by atoms with Crippen LogP contribution in [-0.4, -0.2) is 32.5 Å². The quantitative estimate of drug-likeness (QED) is 0.407. The molecule has 0 aliphatic heterocycles. The minimum Gasteiger partial charge on any atom is -0.292 e. The fourth-order valence-electron chi connectivity index (χ4n) is 3.37. The van der Waals surface area contributed by atoms with Gasteiger partial charge < -0.3 is 0 Å². The van der Waals surface area contributed by atoms with E-state index in [1.807, 2.05) is 72.8 Å². The molecule has 0 fully saturated rings. The van der Waals surface area contributed by atoms with Gasteiger partial charge in [0.2, 0.25) is 5.13 Å². The van der Waals surface area contributed by atoms with Crippen molar-refractivity contribution in [1.82, 2.24) is 19.7 Å². The molecular weight excluding hydrogens is 406 g/mol. The molecule has 31 heavy (non-hydrogen) atoms. The zero-order chi connectivity index (χ0) is 21.0. The summed E-state index contributed by atoms with van der Waals surface area (Å²) in [5.41, 5.74) is 3.85. The summed E-state index contributed by atoms with van der Waals surface area (Å²) in [4.78, 5) is 26.8. The first-order valence-corrected chi connectivity index (χ1v) is 10.8. The SMILES string of the molecule is O=c1c(C=NCCc2ccccn2)c(-c2ccccc2)[nH]n1-c1nc2ccccc2s1. The van der Waals surface area contributed by atoms with E-state index in [0.29, 0.717) is 23.7 Å². The Morgan fingerprint density at radius 2 is 1.81 bits per heavy atom. The lowest BCUT2D eigenvalue weighted by atomic mass is 10.1. The van der Waals surface area contributed by atoms with Gasteiger partial charge in [-0.2, -0.15) is 4.68 Å². The molecule has 0 radical (unpaired) electrons. The van der Waals surface area contributed by atoms with Gasteiger partial charge in [-0.25, -0.2) is 4.98 Å². The Balaban J connectivity index is 1.52. The molecule has 0 spiro atoms. The molecule has 1 N–H and O–H groups in total. The predicted molar refractivity (Wildman–Crippen MR) is 125 cm³/mol. The Labute approximate surface area is 182 Å². The molecule has 0 aliphatic rings. The maximum atomic E-state index is 13.3. The highest BCUT2D eigenvalue weighted by atomic mass is 32.1. The maximum absolute atomic E-state index is 13.3. The van der Waals surface area contributed by atoms with Crippen molar-refractivity contribution in [3.8, 4) is 16.4 Å². The van der Waals surface area contributed by atoms with Crippen molar-refractivity contribution in [1.29, 1.82) is 0 Å². The van der Waals surface area contributed by atoms with Crippen molar-refractivity contribution in [3.63, 3.8) is 0 Å². The summed E-state index contributed by atoms with van der Waals surface area (Å²) in [6, 6.07) is 23.5. The number of aliphatic imine (C=N–C) groups is 1. The number of thiazole rings is 1. The largest absolute Gasteiger partial charge is 0.292 e. The minimum absolute atomic E-state index is 0.167. The Morgan fingerprint density at radius 1 is 1.00 bits per heavy atom.